The molecule has 1 N–H and O–H groups in total. The Morgan fingerprint density at radius 3 is 2.30 bits per heavy atom. The molecule has 0 saturated heterocycles. The summed E-state index contributed by atoms with van der Waals surface area (Å²) in [7, 11) is 0. The van der Waals surface area contributed by atoms with Crippen LogP contribution in [0.1, 0.15) is 0 Å². The topological polar surface area (TPSA) is 37.8 Å². The molecule has 3 aromatic rings. The van der Waals surface area contributed by atoms with Crippen molar-refractivity contribution in [1.29, 1.82) is 0 Å². The van der Waals surface area contributed by atoms with Crippen molar-refractivity contribution in [2.24, 2.45) is 0 Å². The average Bonchev–Trinajstić information content (AvgIpc) is 2.82. The molecule has 3 rings (SSSR count). The maximum absolute atomic E-state index is 12.9. The van der Waals surface area contributed by atoms with Crippen LogP contribution in [0.15, 0.2) is 64.0 Å². The molecule has 0 bridgehead atoms. The molecule has 3 nitrogen and oxygen atoms in total. The standard InChI is InChI=1S/C15H10BrFN2O/c16-11-3-7-13(8-4-11)19-9-14(18-15(19)20)10-1-5-12(17)6-2-10/h1-9H,(H,18,20). The van der Waals surface area contributed by atoms with Crippen molar-refractivity contribution >= 4 is 15.9 Å². The van der Waals surface area contributed by atoms with Crippen LogP contribution in [0.2, 0.25) is 0 Å². The minimum atomic E-state index is -0.302. The van der Waals surface area contributed by atoms with Crippen LogP contribution in [0, 0.1) is 5.82 Å². The third-order valence-electron chi connectivity index (χ3n) is 2.98. The Labute approximate surface area is 122 Å². The molecule has 0 aliphatic carbocycles. The molecular weight excluding hydrogens is 323 g/mol. The highest BCUT2D eigenvalue weighted by Crippen LogP contribution is 2.18. The van der Waals surface area contributed by atoms with E-state index in [0.29, 0.717) is 5.69 Å². The third kappa shape index (κ3) is 2.44. The molecule has 0 unspecified atom stereocenters. The van der Waals surface area contributed by atoms with Gasteiger partial charge in [0.2, 0.25) is 0 Å². The summed E-state index contributed by atoms with van der Waals surface area (Å²) in [5, 5.41) is 0. The zero-order valence-electron chi connectivity index (χ0n) is 10.3. The van der Waals surface area contributed by atoms with Crippen molar-refractivity contribution in [2.45, 2.75) is 0 Å². The Balaban J connectivity index is 2.05. The summed E-state index contributed by atoms with van der Waals surface area (Å²) < 4.78 is 15.4. The van der Waals surface area contributed by atoms with Gasteiger partial charge in [-0.3, -0.25) is 4.57 Å². The van der Waals surface area contributed by atoms with Gasteiger partial charge in [0.25, 0.3) is 0 Å². The molecule has 0 saturated carbocycles. The highest BCUT2D eigenvalue weighted by Gasteiger charge is 2.07. The summed E-state index contributed by atoms with van der Waals surface area (Å²) >= 11 is 3.35. The number of hydrogen-bond donors (Lipinski definition) is 1. The van der Waals surface area contributed by atoms with Crippen molar-refractivity contribution < 1.29 is 4.39 Å². The first-order chi connectivity index (χ1) is 9.63. The predicted octanol–water partition coefficient (Wildman–Crippen LogP) is 3.73. The summed E-state index contributed by atoms with van der Waals surface area (Å²) in [5.74, 6) is -0.302. The molecule has 0 radical (unpaired) electrons. The molecule has 0 aliphatic heterocycles. The van der Waals surface area contributed by atoms with Crippen molar-refractivity contribution in [2.75, 3.05) is 0 Å². The van der Waals surface area contributed by atoms with E-state index in [1.165, 1.54) is 16.7 Å². The van der Waals surface area contributed by atoms with Gasteiger partial charge in [-0.15, -0.1) is 0 Å². The maximum Gasteiger partial charge on any atom is 0.330 e. The number of benzene rings is 2. The minimum absolute atomic E-state index is 0.230. The van der Waals surface area contributed by atoms with Crippen LogP contribution < -0.4 is 5.69 Å². The summed E-state index contributed by atoms with van der Waals surface area (Å²) in [6.45, 7) is 0. The second-order valence-electron chi connectivity index (χ2n) is 4.33. The number of imidazole rings is 1. The molecule has 1 heterocycles. The van der Waals surface area contributed by atoms with Crippen molar-refractivity contribution in [1.82, 2.24) is 9.55 Å². The van der Waals surface area contributed by atoms with Crippen LogP contribution in [-0.4, -0.2) is 9.55 Å². The summed E-state index contributed by atoms with van der Waals surface area (Å²) in [6.07, 6.45) is 1.71. The fraction of sp³-hybridized carbons (Fsp3) is 0. The number of aromatic nitrogens is 2. The minimum Gasteiger partial charge on any atom is -0.305 e. The molecule has 2 aromatic carbocycles. The van der Waals surface area contributed by atoms with Gasteiger partial charge in [-0.25, -0.2) is 9.18 Å². The van der Waals surface area contributed by atoms with Crippen molar-refractivity contribution in [3.05, 3.63) is 75.5 Å². The monoisotopic (exact) mass is 332 g/mol. The number of rotatable bonds is 2. The van der Waals surface area contributed by atoms with E-state index in [1.54, 1.807) is 18.3 Å². The third-order valence-corrected chi connectivity index (χ3v) is 3.51. The molecule has 0 fully saturated rings. The smallest absolute Gasteiger partial charge is 0.305 e. The lowest BCUT2D eigenvalue weighted by molar-refractivity contribution is 0.628. The van der Waals surface area contributed by atoms with Crippen LogP contribution in [0.5, 0.6) is 0 Å². The van der Waals surface area contributed by atoms with E-state index in [9.17, 15) is 9.18 Å². The SMILES string of the molecule is O=c1[nH]c(-c2ccc(F)cc2)cn1-c1ccc(Br)cc1. The van der Waals surface area contributed by atoms with Crippen LogP contribution in [0.25, 0.3) is 16.9 Å². The van der Waals surface area contributed by atoms with E-state index in [1.807, 2.05) is 24.3 Å². The quantitative estimate of drug-likeness (QED) is 0.762. The van der Waals surface area contributed by atoms with Gasteiger partial charge in [-0.05, 0) is 54.1 Å². The lowest BCUT2D eigenvalue weighted by Gasteiger charge is -2.00. The zero-order chi connectivity index (χ0) is 14.1. The summed E-state index contributed by atoms with van der Waals surface area (Å²) in [5.41, 5.74) is 1.95. The molecule has 0 amide bonds. The normalized spacial score (nSPS) is 10.7. The first kappa shape index (κ1) is 12.9. The Kier molecular flexibility index (Phi) is 3.28. The van der Waals surface area contributed by atoms with Gasteiger partial charge in [0, 0.05) is 10.7 Å². The van der Waals surface area contributed by atoms with Crippen molar-refractivity contribution in [3.63, 3.8) is 0 Å². The average molecular weight is 333 g/mol. The van der Waals surface area contributed by atoms with E-state index in [4.69, 9.17) is 0 Å². The number of aromatic amines is 1. The van der Waals surface area contributed by atoms with Crippen LogP contribution >= 0.6 is 15.9 Å². The number of halogens is 2. The number of H-pyrrole nitrogens is 1. The Morgan fingerprint density at radius 1 is 1.00 bits per heavy atom. The molecule has 5 heteroatoms. The molecule has 100 valence electrons. The van der Waals surface area contributed by atoms with E-state index >= 15 is 0 Å². The highest BCUT2D eigenvalue weighted by molar-refractivity contribution is 9.10. The number of hydrogen-bond acceptors (Lipinski definition) is 1. The van der Waals surface area contributed by atoms with Gasteiger partial charge in [0.15, 0.2) is 0 Å². The van der Waals surface area contributed by atoms with E-state index in [2.05, 4.69) is 20.9 Å². The molecule has 0 spiro atoms. The molecular formula is C15H10BrFN2O. The van der Waals surface area contributed by atoms with E-state index < -0.39 is 0 Å². The number of nitrogens with one attached hydrogen (secondary N) is 1. The molecule has 20 heavy (non-hydrogen) atoms. The first-order valence-corrected chi connectivity index (χ1v) is 6.76. The molecule has 0 atom stereocenters. The zero-order valence-corrected chi connectivity index (χ0v) is 11.9. The highest BCUT2D eigenvalue weighted by atomic mass is 79.9. The lowest BCUT2D eigenvalue weighted by Crippen LogP contribution is -2.13. The molecule has 0 aliphatic rings. The second kappa shape index (κ2) is 5.09. The summed E-state index contributed by atoms with van der Waals surface area (Å²) in [6, 6.07) is 13.4. The van der Waals surface area contributed by atoms with Crippen molar-refractivity contribution in [3.8, 4) is 16.9 Å². The van der Waals surface area contributed by atoms with Gasteiger partial charge in [0.05, 0.1) is 11.4 Å². The summed E-state index contributed by atoms with van der Waals surface area (Å²) in [4.78, 5) is 14.8. The molecule has 1 aromatic heterocycles. The second-order valence-corrected chi connectivity index (χ2v) is 5.24. The van der Waals surface area contributed by atoms with Gasteiger partial charge in [-0.2, -0.15) is 0 Å². The fourth-order valence-corrected chi connectivity index (χ4v) is 2.23. The Hall–Kier alpha value is -2.14. The Bertz CT molecular complexity index is 788. The van der Waals surface area contributed by atoms with Gasteiger partial charge >= 0.3 is 5.69 Å². The maximum atomic E-state index is 12.9. The fourth-order valence-electron chi connectivity index (χ4n) is 1.97. The van der Waals surface area contributed by atoms with Gasteiger partial charge in [-0.1, -0.05) is 15.9 Å². The Morgan fingerprint density at radius 2 is 1.65 bits per heavy atom. The van der Waals surface area contributed by atoms with Crippen LogP contribution in [-0.2, 0) is 0 Å². The van der Waals surface area contributed by atoms with E-state index in [-0.39, 0.29) is 11.5 Å². The lowest BCUT2D eigenvalue weighted by atomic mass is 10.2. The van der Waals surface area contributed by atoms with Crippen LogP contribution in [0.3, 0.4) is 0 Å². The largest absolute Gasteiger partial charge is 0.330 e. The predicted molar refractivity (Wildman–Crippen MR) is 79.5 cm³/mol. The number of nitrogens with zero attached hydrogens (tertiary/aromatic N) is 1. The first-order valence-electron chi connectivity index (χ1n) is 5.97. The van der Waals surface area contributed by atoms with E-state index in [0.717, 1.165) is 15.7 Å². The van der Waals surface area contributed by atoms with Gasteiger partial charge in [0.1, 0.15) is 5.82 Å². The van der Waals surface area contributed by atoms with Gasteiger partial charge < -0.3 is 4.98 Å². The van der Waals surface area contributed by atoms with Crippen LogP contribution in [0.4, 0.5) is 4.39 Å².